The van der Waals surface area contributed by atoms with Crippen molar-refractivity contribution in [1.82, 2.24) is 19.1 Å². The number of H-pyrrole nitrogens is 1. The maximum absolute atomic E-state index is 12.0. The van der Waals surface area contributed by atoms with Crippen LogP contribution in [0, 0.1) is 0 Å². The van der Waals surface area contributed by atoms with Gasteiger partial charge in [-0.15, -0.1) is 11.6 Å². The first-order chi connectivity index (χ1) is 9.13. The number of nitrogens with zero attached hydrogens (tertiary/aromatic N) is 3. The Morgan fingerprint density at radius 1 is 1.26 bits per heavy atom. The molecule has 1 N–H and O–H groups in total. The molecular weight excluding hydrogens is 268 g/mol. The van der Waals surface area contributed by atoms with Crippen LogP contribution in [0.1, 0.15) is 32.5 Å². The van der Waals surface area contributed by atoms with Gasteiger partial charge in [0.15, 0.2) is 11.2 Å². The molecule has 0 amide bonds. The lowest BCUT2D eigenvalue weighted by Crippen LogP contribution is -2.31. The van der Waals surface area contributed by atoms with Crippen molar-refractivity contribution >= 4 is 22.8 Å². The Morgan fingerprint density at radius 3 is 2.58 bits per heavy atom. The number of alkyl halides is 1. The van der Waals surface area contributed by atoms with Crippen LogP contribution in [-0.2, 0) is 19.0 Å². The molecule has 104 valence electrons. The monoisotopic (exact) mass is 284 g/mol. The van der Waals surface area contributed by atoms with Crippen LogP contribution in [0.5, 0.6) is 0 Å². The number of rotatable bonds is 5. The highest BCUT2D eigenvalue weighted by Crippen LogP contribution is 2.13. The van der Waals surface area contributed by atoms with E-state index < -0.39 is 11.2 Å². The second-order valence-corrected chi connectivity index (χ2v) is 4.61. The lowest BCUT2D eigenvalue weighted by atomic mass is 10.3. The number of nitrogens with one attached hydrogen (secondary N) is 1. The minimum Gasteiger partial charge on any atom is -0.321 e. The van der Waals surface area contributed by atoms with Gasteiger partial charge in [0, 0.05) is 13.1 Å². The maximum Gasteiger partial charge on any atom is 0.330 e. The van der Waals surface area contributed by atoms with Crippen molar-refractivity contribution < 1.29 is 0 Å². The molecule has 0 radical (unpaired) electrons. The molecule has 0 fully saturated rings. The van der Waals surface area contributed by atoms with E-state index in [2.05, 4.69) is 9.97 Å². The summed E-state index contributed by atoms with van der Waals surface area (Å²) >= 11 is 5.85. The van der Waals surface area contributed by atoms with Gasteiger partial charge in [-0.3, -0.25) is 14.3 Å². The Kier molecular flexibility index (Phi) is 4.09. The number of aromatic amines is 1. The van der Waals surface area contributed by atoms with Crippen LogP contribution in [0.15, 0.2) is 9.59 Å². The molecule has 2 aromatic rings. The summed E-state index contributed by atoms with van der Waals surface area (Å²) in [6, 6.07) is 0. The van der Waals surface area contributed by atoms with Gasteiger partial charge < -0.3 is 4.57 Å². The lowest BCUT2D eigenvalue weighted by molar-refractivity contribution is 0.613. The van der Waals surface area contributed by atoms with Gasteiger partial charge in [-0.25, -0.2) is 9.78 Å². The van der Waals surface area contributed by atoms with Crippen LogP contribution in [0.2, 0.25) is 0 Å². The third kappa shape index (κ3) is 2.32. The van der Waals surface area contributed by atoms with E-state index in [4.69, 9.17) is 11.6 Å². The molecule has 19 heavy (non-hydrogen) atoms. The van der Waals surface area contributed by atoms with E-state index in [-0.39, 0.29) is 5.88 Å². The molecule has 0 atom stereocenters. The van der Waals surface area contributed by atoms with Crippen LogP contribution in [0.3, 0.4) is 0 Å². The van der Waals surface area contributed by atoms with Crippen LogP contribution < -0.4 is 11.2 Å². The predicted molar refractivity (Wildman–Crippen MR) is 74.8 cm³/mol. The molecule has 2 rings (SSSR count). The highest BCUT2D eigenvalue weighted by Gasteiger charge is 2.16. The number of fused-ring (bicyclic) bond motifs is 1. The van der Waals surface area contributed by atoms with Crippen molar-refractivity contribution in [2.45, 2.75) is 45.7 Å². The number of hydrogen-bond acceptors (Lipinski definition) is 3. The summed E-state index contributed by atoms with van der Waals surface area (Å²) in [6.45, 7) is 5.10. The number of halogens is 1. The van der Waals surface area contributed by atoms with Gasteiger partial charge in [0.1, 0.15) is 5.82 Å². The van der Waals surface area contributed by atoms with E-state index in [1.807, 2.05) is 13.8 Å². The van der Waals surface area contributed by atoms with E-state index in [0.717, 1.165) is 12.8 Å². The van der Waals surface area contributed by atoms with Crippen molar-refractivity contribution in [3.05, 3.63) is 26.7 Å². The number of aromatic nitrogens is 4. The number of aryl methyl sites for hydroxylation is 2. The average Bonchev–Trinajstić information content (AvgIpc) is 2.77. The quantitative estimate of drug-likeness (QED) is 0.845. The fourth-order valence-electron chi connectivity index (χ4n) is 2.18. The van der Waals surface area contributed by atoms with Crippen molar-refractivity contribution in [2.24, 2.45) is 0 Å². The minimum atomic E-state index is -0.409. The van der Waals surface area contributed by atoms with Gasteiger partial charge in [0.25, 0.3) is 5.56 Å². The van der Waals surface area contributed by atoms with E-state index in [1.54, 1.807) is 4.57 Å². The predicted octanol–water partition coefficient (Wildman–Crippen LogP) is 1.45. The molecule has 0 spiro atoms. The molecule has 0 saturated carbocycles. The zero-order valence-electron chi connectivity index (χ0n) is 11.1. The molecule has 0 aliphatic heterocycles. The Hall–Kier alpha value is -1.56. The van der Waals surface area contributed by atoms with Gasteiger partial charge >= 0.3 is 5.69 Å². The molecule has 2 heterocycles. The van der Waals surface area contributed by atoms with Crippen molar-refractivity contribution in [3.8, 4) is 0 Å². The standard InChI is InChI=1S/C12H17ClN4O2/c1-3-5-6-17-10-9(11(18)15-12(17)19)16(4-2)8(7-13)14-10/h3-7H2,1-2H3,(H,15,18,19). The summed E-state index contributed by atoms with van der Waals surface area (Å²) in [4.78, 5) is 30.5. The molecule has 2 aromatic heterocycles. The minimum absolute atomic E-state index is 0.212. The van der Waals surface area contributed by atoms with Gasteiger partial charge in [0.05, 0.1) is 5.88 Å². The zero-order chi connectivity index (χ0) is 14.0. The summed E-state index contributed by atoms with van der Waals surface area (Å²) in [5, 5.41) is 0. The summed E-state index contributed by atoms with van der Waals surface area (Å²) in [6.07, 6.45) is 1.82. The number of imidazole rings is 1. The van der Waals surface area contributed by atoms with Gasteiger partial charge in [-0.05, 0) is 13.3 Å². The molecule has 0 bridgehead atoms. The lowest BCUT2D eigenvalue weighted by Gasteiger charge is -2.05. The SMILES string of the molecule is CCCCn1c(=O)[nH]c(=O)c2c1nc(CCl)n2CC. The Morgan fingerprint density at radius 2 is 2.00 bits per heavy atom. The Bertz CT molecular complexity index is 698. The first-order valence-corrected chi connectivity index (χ1v) is 6.95. The Labute approximate surface area is 115 Å². The van der Waals surface area contributed by atoms with Gasteiger partial charge in [-0.1, -0.05) is 13.3 Å². The zero-order valence-corrected chi connectivity index (χ0v) is 11.8. The third-order valence-electron chi connectivity index (χ3n) is 3.14. The maximum atomic E-state index is 12.0. The summed E-state index contributed by atoms with van der Waals surface area (Å²) in [5.41, 5.74) is 0.0415. The first kappa shape index (κ1) is 13.9. The van der Waals surface area contributed by atoms with Crippen molar-refractivity contribution in [3.63, 3.8) is 0 Å². The average molecular weight is 285 g/mol. The molecule has 0 aliphatic rings. The normalized spacial score (nSPS) is 11.3. The number of hydrogen-bond donors (Lipinski definition) is 1. The van der Waals surface area contributed by atoms with Gasteiger partial charge in [-0.2, -0.15) is 0 Å². The second-order valence-electron chi connectivity index (χ2n) is 4.34. The Balaban J connectivity index is 2.79. The largest absolute Gasteiger partial charge is 0.330 e. The topological polar surface area (TPSA) is 72.7 Å². The summed E-state index contributed by atoms with van der Waals surface area (Å²) < 4.78 is 3.27. The van der Waals surface area contributed by atoms with Crippen LogP contribution in [-0.4, -0.2) is 19.1 Å². The highest BCUT2D eigenvalue weighted by atomic mass is 35.5. The highest BCUT2D eigenvalue weighted by molar-refractivity contribution is 6.16. The van der Waals surface area contributed by atoms with Crippen LogP contribution in [0.4, 0.5) is 0 Å². The number of unbranched alkanes of at least 4 members (excludes halogenated alkanes) is 1. The van der Waals surface area contributed by atoms with E-state index in [0.29, 0.717) is 30.1 Å². The van der Waals surface area contributed by atoms with Crippen LogP contribution in [0.25, 0.3) is 11.2 Å². The summed E-state index contributed by atoms with van der Waals surface area (Å²) in [5.74, 6) is 0.824. The first-order valence-electron chi connectivity index (χ1n) is 6.42. The molecule has 0 unspecified atom stereocenters. The van der Waals surface area contributed by atoms with Crippen LogP contribution >= 0.6 is 11.6 Å². The fourth-order valence-corrected chi connectivity index (χ4v) is 2.39. The molecule has 6 nitrogen and oxygen atoms in total. The molecule has 0 saturated heterocycles. The fraction of sp³-hybridized carbons (Fsp3) is 0.583. The third-order valence-corrected chi connectivity index (χ3v) is 3.37. The van der Waals surface area contributed by atoms with Crippen molar-refractivity contribution in [1.29, 1.82) is 0 Å². The van der Waals surface area contributed by atoms with E-state index in [1.165, 1.54) is 4.57 Å². The molecule has 7 heteroatoms. The van der Waals surface area contributed by atoms with E-state index >= 15 is 0 Å². The summed E-state index contributed by atoms with van der Waals surface area (Å²) in [7, 11) is 0. The molecule has 0 aromatic carbocycles. The molecule has 0 aliphatic carbocycles. The molecular formula is C12H17ClN4O2. The second kappa shape index (κ2) is 5.61. The smallest absolute Gasteiger partial charge is 0.321 e. The van der Waals surface area contributed by atoms with E-state index in [9.17, 15) is 9.59 Å². The van der Waals surface area contributed by atoms with Crippen molar-refractivity contribution in [2.75, 3.05) is 0 Å². The van der Waals surface area contributed by atoms with Gasteiger partial charge in [0.2, 0.25) is 0 Å².